The second kappa shape index (κ2) is 5.27. The van der Waals surface area contributed by atoms with Crippen molar-refractivity contribution in [2.24, 2.45) is 0 Å². The van der Waals surface area contributed by atoms with Crippen molar-refractivity contribution in [2.75, 3.05) is 6.61 Å². The minimum Gasteiger partial charge on any atom is -0.485 e. The van der Waals surface area contributed by atoms with Crippen LogP contribution in [0, 0.1) is 0 Å². The van der Waals surface area contributed by atoms with Gasteiger partial charge in [0.1, 0.15) is 6.61 Å². The third-order valence-electron chi connectivity index (χ3n) is 3.99. The van der Waals surface area contributed by atoms with Gasteiger partial charge in [-0.15, -0.1) is 0 Å². The lowest BCUT2D eigenvalue weighted by Gasteiger charge is -2.42. The fraction of sp³-hybridized carbons (Fsp3) is 0.467. The Kier molecular flexibility index (Phi) is 3.45. The van der Waals surface area contributed by atoms with E-state index in [2.05, 4.69) is 5.32 Å². The van der Waals surface area contributed by atoms with Gasteiger partial charge in [-0.1, -0.05) is 12.1 Å². The van der Waals surface area contributed by atoms with Gasteiger partial charge in [-0.3, -0.25) is 9.59 Å². The summed E-state index contributed by atoms with van der Waals surface area (Å²) >= 11 is 0. The van der Waals surface area contributed by atoms with E-state index in [4.69, 9.17) is 14.6 Å². The Labute approximate surface area is 122 Å². The summed E-state index contributed by atoms with van der Waals surface area (Å²) in [5.41, 5.74) is -0.622. The average molecular weight is 291 g/mol. The highest BCUT2D eigenvalue weighted by Gasteiger charge is 2.42. The Morgan fingerprint density at radius 1 is 1.29 bits per heavy atom. The quantitative estimate of drug-likeness (QED) is 0.874. The van der Waals surface area contributed by atoms with Crippen molar-refractivity contribution < 1.29 is 24.2 Å². The Bertz CT molecular complexity index is 567. The number of carboxylic acid groups (broad SMARTS) is 1. The molecule has 0 saturated heterocycles. The van der Waals surface area contributed by atoms with E-state index in [1.165, 1.54) is 0 Å². The van der Waals surface area contributed by atoms with Crippen molar-refractivity contribution in [3.05, 3.63) is 24.3 Å². The minimum atomic E-state index is -0.902. The van der Waals surface area contributed by atoms with Crippen molar-refractivity contribution >= 4 is 11.9 Å². The first kappa shape index (κ1) is 13.7. The summed E-state index contributed by atoms with van der Waals surface area (Å²) in [5.74, 6) is -0.0677. The zero-order valence-corrected chi connectivity index (χ0v) is 11.5. The van der Waals surface area contributed by atoms with Gasteiger partial charge in [0.25, 0.3) is 5.91 Å². The molecule has 0 aromatic heterocycles. The number of fused-ring (bicyclic) bond motifs is 1. The number of rotatable bonds is 4. The number of para-hydroxylation sites is 2. The van der Waals surface area contributed by atoms with E-state index in [0.717, 1.165) is 6.42 Å². The van der Waals surface area contributed by atoms with Gasteiger partial charge in [-0.25, -0.2) is 0 Å². The molecule has 1 amide bonds. The maximum Gasteiger partial charge on any atom is 0.305 e. The molecular weight excluding hydrogens is 274 g/mol. The lowest BCUT2D eigenvalue weighted by molar-refractivity contribution is -0.141. The standard InChI is InChI=1S/C15H17NO5/c17-13(18)8-15(6-3-7-15)16-14(19)12-9-20-10-4-1-2-5-11(10)21-12/h1-2,4-5,12H,3,6-9H2,(H,16,19)(H,17,18). The number of carbonyl (C=O) groups excluding carboxylic acids is 1. The van der Waals surface area contributed by atoms with Crippen LogP contribution in [0.2, 0.25) is 0 Å². The summed E-state index contributed by atoms with van der Waals surface area (Å²) in [6.07, 6.45) is 1.51. The topological polar surface area (TPSA) is 84.9 Å². The monoisotopic (exact) mass is 291 g/mol. The highest BCUT2D eigenvalue weighted by Crippen LogP contribution is 2.36. The smallest absolute Gasteiger partial charge is 0.305 e. The molecule has 21 heavy (non-hydrogen) atoms. The molecule has 1 aromatic carbocycles. The molecule has 1 aliphatic heterocycles. The number of amides is 1. The van der Waals surface area contributed by atoms with Crippen molar-refractivity contribution in [2.45, 2.75) is 37.3 Å². The Morgan fingerprint density at radius 2 is 2.00 bits per heavy atom. The first-order chi connectivity index (χ1) is 10.1. The van der Waals surface area contributed by atoms with Crippen molar-refractivity contribution in [1.82, 2.24) is 5.32 Å². The number of carboxylic acids is 1. The molecule has 1 unspecified atom stereocenters. The molecule has 1 aromatic rings. The van der Waals surface area contributed by atoms with Gasteiger partial charge in [0.05, 0.1) is 12.0 Å². The van der Waals surface area contributed by atoms with Gasteiger partial charge >= 0.3 is 5.97 Å². The predicted molar refractivity (Wildman–Crippen MR) is 73.3 cm³/mol. The molecule has 6 nitrogen and oxygen atoms in total. The molecule has 0 radical (unpaired) electrons. The van der Waals surface area contributed by atoms with Crippen LogP contribution in [0.5, 0.6) is 11.5 Å². The normalized spacial score (nSPS) is 22.0. The highest BCUT2D eigenvalue weighted by molar-refractivity contribution is 5.83. The SMILES string of the molecule is O=C(O)CC1(NC(=O)C2COc3ccccc3O2)CCC1. The molecule has 2 N–H and O–H groups in total. The van der Waals surface area contributed by atoms with Crippen LogP contribution in [0.25, 0.3) is 0 Å². The number of ether oxygens (including phenoxy) is 2. The van der Waals surface area contributed by atoms with Crippen LogP contribution >= 0.6 is 0 Å². The number of nitrogens with one attached hydrogen (secondary N) is 1. The molecule has 1 fully saturated rings. The molecular formula is C15H17NO5. The minimum absolute atomic E-state index is 0.0527. The zero-order valence-electron chi connectivity index (χ0n) is 11.5. The van der Waals surface area contributed by atoms with E-state index in [0.29, 0.717) is 24.3 Å². The number of hydrogen-bond acceptors (Lipinski definition) is 4. The van der Waals surface area contributed by atoms with Gasteiger partial charge in [0, 0.05) is 0 Å². The summed E-state index contributed by atoms with van der Waals surface area (Å²) in [6, 6.07) is 7.16. The summed E-state index contributed by atoms with van der Waals surface area (Å²) in [4.78, 5) is 23.2. The summed E-state index contributed by atoms with van der Waals surface area (Å²) in [7, 11) is 0. The van der Waals surface area contributed by atoms with E-state index in [9.17, 15) is 9.59 Å². The fourth-order valence-corrected chi connectivity index (χ4v) is 2.73. The molecule has 0 spiro atoms. The van der Waals surface area contributed by atoms with Crippen molar-refractivity contribution in [1.29, 1.82) is 0 Å². The van der Waals surface area contributed by atoms with Crippen LogP contribution in [0.1, 0.15) is 25.7 Å². The third-order valence-corrected chi connectivity index (χ3v) is 3.99. The second-order valence-corrected chi connectivity index (χ2v) is 5.56. The average Bonchev–Trinajstić information content (AvgIpc) is 2.43. The fourth-order valence-electron chi connectivity index (χ4n) is 2.73. The lowest BCUT2D eigenvalue weighted by atomic mass is 9.74. The predicted octanol–water partition coefficient (Wildman–Crippen LogP) is 1.34. The molecule has 2 aliphatic rings. The van der Waals surface area contributed by atoms with E-state index < -0.39 is 17.6 Å². The Morgan fingerprint density at radius 3 is 2.62 bits per heavy atom. The first-order valence-electron chi connectivity index (χ1n) is 7.00. The number of aliphatic carboxylic acids is 1. The third kappa shape index (κ3) is 2.79. The van der Waals surface area contributed by atoms with E-state index >= 15 is 0 Å². The molecule has 1 aliphatic carbocycles. The Hall–Kier alpha value is -2.24. The molecule has 1 heterocycles. The van der Waals surface area contributed by atoms with Gasteiger partial charge < -0.3 is 19.9 Å². The molecule has 1 saturated carbocycles. The lowest BCUT2D eigenvalue weighted by Crippen LogP contribution is -2.58. The molecule has 6 heteroatoms. The summed E-state index contributed by atoms with van der Waals surface area (Å²) < 4.78 is 11.1. The summed E-state index contributed by atoms with van der Waals surface area (Å²) in [5, 5.41) is 11.8. The van der Waals surface area contributed by atoms with E-state index in [1.807, 2.05) is 6.07 Å². The van der Waals surface area contributed by atoms with Crippen LogP contribution in [-0.4, -0.2) is 35.2 Å². The van der Waals surface area contributed by atoms with E-state index in [-0.39, 0.29) is 18.9 Å². The van der Waals surface area contributed by atoms with Crippen molar-refractivity contribution in [3.8, 4) is 11.5 Å². The number of hydrogen-bond donors (Lipinski definition) is 2. The highest BCUT2D eigenvalue weighted by atomic mass is 16.6. The van der Waals surface area contributed by atoms with Gasteiger partial charge in [-0.05, 0) is 31.4 Å². The molecule has 0 bridgehead atoms. The summed E-state index contributed by atoms with van der Waals surface area (Å²) in [6.45, 7) is 0.131. The molecule has 3 rings (SSSR count). The zero-order chi connectivity index (χ0) is 14.9. The van der Waals surface area contributed by atoms with Gasteiger partial charge in [0.15, 0.2) is 11.5 Å². The maximum atomic E-state index is 12.3. The maximum absolute atomic E-state index is 12.3. The Balaban J connectivity index is 1.65. The number of benzene rings is 1. The van der Waals surface area contributed by atoms with Gasteiger partial charge in [0.2, 0.25) is 6.10 Å². The molecule has 112 valence electrons. The number of carbonyl (C=O) groups is 2. The van der Waals surface area contributed by atoms with Gasteiger partial charge in [-0.2, -0.15) is 0 Å². The largest absolute Gasteiger partial charge is 0.485 e. The van der Waals surface area contributed by atoms with E-state index in [1.54, 1.807) is 18.2 Å². The molecule has 1 atom stereocenters. The van der Waals surface area contributed by atoms with Crippen LogP contribution in [0.15, 0.2) is 24.3 Å². The van der Waals surface area contributed by atoms with Crippen LogP contribution < -0.4 is 14.8 Å². The van der Waals surface area contributed by atoms with Crippen molar-refractivity contribution in [3.63, 3.8) is 0 Å². The van der Waals surface area contributed by atoms with Crippen LogP contribution in [0.3, 0.4) is 0 Å². The van der Waals surface area contributed by atoms with Crippen LogP contribution in [-0.2, 0) is 9.59 Å². The van der Waals surface area contributed by atoms with Crippen LogP contribution in [0.4, 0.5) is 0 Å². The first-order valence-corrected chi connectivity index (χ1v) is 7.00. The second-order valence-electron chi connectivity index (χ2n) is 5.56.